The number of carbonyl (C=O) groups is 1. The Morgan fingerprint density at radius 3 is 2.09 bits per heavy atom. The number of unbranched alkanes of at least 4 members (excludes halogenated alkanes) is 3. The topological polar surface area (TPSA) is 56.6 Å². The molecule has 0 atom stereocenters. The SMILES string of the molecule is CCC[CH2][Sn]([CH2]CCC)([CH2]CCC)[c]1cn(CCOC2CCN(C(=O)OC(C)(C)C)CC2)cn1. The molecule has 2 heterocycles. The Labute approximate surface area is 213 Å². The van der Waals surface area contributed by atoms with Gasteiger partial charge in [0.25, 0.3) is 0 Å². The van der Waals surface area contributed by atoms with Crippen molar-refractivity contribution >= 4 is 28.2 Å². The zero-order valence-corrected chi connectivity index (χ0v) is 25.8. The molecule has 0 aromatic carbocycles. The molecule has 1 aromatic heterocycles. The van der Waals surface area contributed by atoms with E-state index in [0.29, 0.717) is 19.7 Å². The second-order valence-electron chi connectivity index (χ2n) is 11.1. The molecule has 0 unspecified atom stereocenters. The van der Waals surface area contributed by atoms with Crippen LogP contribution in [0.5, 0.6) is 0 Å². The first-order chi connectivity index (χ1) is 16.2. The number of amides is 1. The average molecular weight is 584 g/mol. The van der Waals surface area contributed by atoms with Gasteiger partial charge in [0.1, 0.15) is 5.60 Å². The molecular formula is C27H51N3O3Sn. The molecule has 7 heteroatoms. The molecule has 6 nitrogen and oxygen atoms in total. The molecule has 196 valence electrons. The number of hydrogen-bond acceptors (Lipinski definition) is 4. The van der Waals surface area contributed by atoms with Crippen molar-refractivity contribution < 1.29 is 14.3 Å². The van der Waals surface area contributed by atoms with Gasteiger partial charge in [0.2, 0.25) is 0 Å². The van der Waals surface area contributed by atoms with E-state index in [4.69, 9.17) is 14.5 Å². The molecular weight excluding hydrogens is 533 g/mol. The molecule has 0 saturated carbocycles. The summed E-state index contributed by atoms with van der Waals surface area (Å²) in [6.45, 7) is 15.7. The van der Waals surface area contributed by atoms with E-state index in [0.717, 1.165) is 19.4 Å². The minimum atomic E-state index is -2.45. The Hall–Kier alpha value is -0.761. The van der Waals surface area contributed by atoms with Crippen LogP contribution in [0.4, 0.5) is 4.79 Å². The Morgan fingerprint density at radius 1 is 1.03 bits per heavy atom. The van der Waals surface area contributed by atoms with E-state index in [1.165, 1.54) is 55.5 Å². The molecule has 1 aliphatic rings. The van der Waals surface area contributed by atoms with Crippen LogP contribution < -0.4 is 3.71 Å². The van der Waals surface area contributed by atoms with Gasteiger partial charge in [0.05, 0.1) is 0 Å². The van der Waals surface area contributed by atoms with Gasteiger partial charge in [0, 0.05) is 0 Å². The van der Waals surface area contributed by atoms with E-state index in [9.17, 15) is 4.79 Å². The number of ether oxygens (including phenoxy) is 2. The number of piperidine rings is 1. The van der Waals surface area contributed by atoms with Gasteiger partial charge >= 0.3 is 187 Å². The minimum absolute atomic E-state index is 0.208. The molecule has 1 aliphatic heterocycles. The Morgan fingerprint density at radius 2 is 1.59 bits per heavy atom. The van der Waals surface area contributed by atoms with E-state index in [2.05, 4.69) is 37.9 Å². The third-order valence-corrected chi connectivity index (χ3v) is 22.1. The first-order valence-corrected chi connectivity index (χ1v) is 21.3. The van der Waals surface area contributed by atoms with Crippen LogP contribution in [0.25, 0.3) is 0 Å². The van der Waals surface area contributed by atoms with Gasteiger partial charge in [-0.3, -0.25) is 0 Å². The summed E-state index contributed by atoms with van der Waals surface area (Å²) in [5.41, 5.74) is -0.445. The van der Waals surface area contributed by atoms with Crippen molar-refractivity contribution in [3.05, 3.63) is 12.5 Å². The zero-order valence-electron chi connectivity index (χ0n) is 22.9. The second-order valence-corrected chi connectivity index (χ2v) is 24.2. The predicted molar refractivity (Wildman–Crippen MR) is 144 cm³/mol. The van der Waals surface area contributed by atoms with E-state index < -0.39 is 24.0 Å². The number of nitrogens with zero attached hydrogens (tertiary/aromatic N) is 3. The molecule has 0 aliphatic carbocycles. The summed E-state index contributed by atoms with van der Waals surface area (Å²) in [5, 5.41) is 0. The fourth-order valence-corrected chi connectivity index (χ4v) is 20.3. The summed E-state index contributed by atoms with van der Waals surface area (Å²) in [4.78, 5) is 19.1. The molecule has 0 radical (unpaired) electrons. The van der Waals surface area contributed by atoms with Gasteiger partial charge in [-0.25, -0.2) is 0 Å². The standard InChI is InChI=1S/C15H24N3O3.3C4H9.Sn/c1-15(2,3)21-14(19)18-7-4-13(5-8-18)20-11-10-17-9-6-16-12-17;3*1-3-4-2;/h9,12-13H,4-5,7-8,10-11H2,1-3H3;3*1,3-4H2,2H3;. The van der Waals surface area contributed by atoms with Crippen LogP contribution in [0.1, 0.15) is 92.9 Å². The van der Waals surface area contributed by atoms with Gasteiger partial charge < -0.3 is 0 Å². The molecule has 1 fully saturated rings. The first-order valence-electron chi connectivity index (χ1n) is 13.8. The molecule has 34 heavy (non-hydrogen) atoms. The normalized spacial score (nSPS) is 15.6. The predicted octanol–water partition coefficient (Wildman–Crippen LogP) is 6.36. The number of carbonyl (C=O) groups excluding carboxylic acids is 1. The Kier molecular flexibility index (Phi) is 12.8. The van der Waals surface area contributed by atoms with E-state index >= 15 is 0 Å². The molecule has 1 aromatic rings. The van der Waals surface area contributed by atoms with Crippen LogP contribution in [-0.2, 0) is 16.0 Å². The van der Waals surface area contributed by atoms with Crippen LogP contribution >= 0.6 is 0 Å². The van der Waals surface area contributed by atoms with Gasteiger partial charge in [-0.05, 0) is 20.8 Å². The number of hydrogen-bond donors (Lipinski definition) is 0. The molecule has 2 rings (SSSR count). The summed E-state index contributed by atoms with van der Waals surface area (Å²) in [6.07, 6.45) is 14.2. The summed E-state index contributed by atoms with van der Waals surface area (Å²) in [7, 11) is 0. The van der Waals surface area contributed by atoms with Crippen LogP contribution in [0, 0.1) is 0 Å². The van der Waals surface area contributed by atoms with Gasteiger partial charge in [0.15, 0.2) is 0 Å². The van der Waals surface area contributed by atoms with Gasteiger partial charge in [-0.1, -0.05) is 0 Å². The second kappa shape index (κ2) is 14.7. The van der Waals surface area contributed by atoms with Crippen molar-refractivity contribution in [2.75, 3.05) is 19.7 Å². The zero-order chi connectivity index (χ0) is 25.0. The van der Waals surface area contributed by atoms with Gasteiger partial charge in [-0.2, -0.15) is 0 Å². The maximum atomic E-state index is 12.3. The average Bonchev–Trinajstić information content (AvgIpc) is 3.28. The first kappa shape index (κ1) is 29.5. The molecule has 0 bridgehead atoms. The fraction of sp³-hybridized carbons (Fsp3) is 0.852. The van der Waals surface area contributed by atoms with Crippen molar-refractivity contribution in [2.45, 2.75) is 124 Å². The Balaban J connectivity index is 1.87. The number of rotatable bonds is 14. The monoisotopic (exact) mass is 585 g/mol. The molecule has 1 saturated heterocycles. The van der Waals surface area contributed by atoms with Crippen molar-refractivity contribution in [2.24, 2.45) is 0 Å². The molecule has 1 amide bonds. The maximum absolute atomic E-state index is 12.3. The van der Waals surface area contributed by atoms with Crippen LogP contribution in [0.3, 0.4) is 0 Å². The fourth-order valence-electron chi connectivity index (χ4n) is 4.92. The van der Waals surface area contributed by atoms with Crippen LogP contribution in [0.2, 0.25) is 13.3 Å². The van der Waals surface area contributed by atoms with E-state index in [1.807, 2.05) is 25.7 Å². The van der Waals surface area contributed by atoms with Crippen molar-refractivity contribution in [3.63, 3.8) is 0 Å². The summed E-state index contributed by atoms with van der Waals surface area (Å²) in [6, 6.07) is 0. The van der Waals surface area contributed by atoms with Gasteiger partial charge in [-0.15, -0.1) is 0 Å². The van der Waals surface area contributed by atoms with Crippen LogP contribution in [-0.4, -0.2) is 70.3 Å². The number of likely N-dealkylation sites (tertiary alicyclic amines) is 1. The third kappa shape index (κ3) is 9.71. The van der Waals surface area contributed by atoms with Crippen molar-refractivity contribution in [1.29, 1.82) is 0 Å². The summed E-state index contributed by atoms with van der Waals surface area (Å²) >= 11 is -2.45. The van der Waals surface area contributed by atoms with E-state index in [-0.39, 0.29) is 12.2 Å². The molecule has 0 spiro atoms. The van der Waals surface area contributed by atoms with Crippen LogP contribution in [0.15, 0.2) is 12.5 Å². The summed E-state index contributed by atoms with van der Waals surface area (Å²) in [5.74, 6) is 0. The quantitative estimate of drug-likeness (QED) is 0.239. The van der Waals surface area contributed by atoms with E-state index in [1.54, 1.807) is 0 Å². The summed E-state index contributed by atoms with van der Waals surface area (Å²) < 4.78 is 19.8. The number of aromatic nitrogens is 2. The Bertz CT molecular complexity index is 686. The third-order valence-electron chi connectivity index (χ3n) is 7.00. The number of imidazole rings is 1. The van der Waals surface area contributed by atoms with Crippen molar-refractivity contribution in [3.8, 4) is 0 Å². The molecule has 0 N–H and O–H groups in total. The van der Waals surface area contributed by atoms with Crippen molar-refractivity contribution in [1.82, 2.24) is 14.5 Å².